The lowest BCUT2D eigenvalue weighted by molar-refractivity contribution is 0.172. The Morgan fingerprint density at radius 1 is 1.37 bits per heavy atom. The van der Waals surface area contributed by atoms with Crippen LogP contribution < -0.4 is 5.73 Å². The van der Waals surface area contributed by atoms with E-state index in [1.165, 1.54) is 18.9 Å². The van der Waals surface area contributed by atoms with Gasteiger partial charge in [0.25, 0.3) is 0 Å². The van der Waals surface area contributed by atoms with E-state index in [0.29, 0.717) is 28.3 Å². The first-order valence-corrected chi connectivity index (χ1v) is 7.45. The molecule has 0 bridgehead atoms. The van der Waals surface area contributed by atoms with Crippen molar-refractivity contribution < 1.29 is 4.39 Å². The van der Waals surface area contributed by atoms with Gasteiger partial charge in [-0.1, -0.05) is 31.5 Å². The van der Waals surface area contributed by atoms with Gasteiger partial charge in [-0.25, -0.2) is 4.39 Å². The van der Waals surface area contributed by atoms with Crippen LogP contribution in [0.3, 0.4) is 0 Å². The average Bonchev–Trinajstić information content (AvgIpc) is 2.32. The molecule has 0 spiro atoms. The van der Waals surface area contributed by atoms with Gasteiger partial charge in [-0.3, -0.25) is 0 Å². The van der Waals surface area contributed by atoms with Gasteiger partial charge in [-0.15, -0.1) is 0 Å². The van der Waals surface area contributed by atoms with E-state index < -0.39 is 0 Å². The van der Waals surface area contributed by atoms with Crippen LogP contribution in [-0.2, 0) is 6.42 Å². The van der Waals surface area contributed by atoms with Crippen LogP contribution in [0.15, 0.2) is 18.2 Å². The van der Waals surface area contributed by atoms with Crippen molar-refractivity contribution in [3.05, 3.63) is 34.6 Å². The Kier molecular flexibility index (Phi) is 4.52. The molecule has 0 aromatic heterocycles. The number of benzene rings is 1. The zero-order valence-electron chi connectivity index (χ0n) is 11.8. The molecule has 2 rings (SSSR count). The Bertz CT molecular complexity index is 434. The molecule has 0 heterocycles. The third-order valence-electron chi connectivity index (χ3n) is 4.46. The lowest BCUT2D eigenvalue weighted by Gasteiger charge is -2.37. The number of hydrogen-bond acceptors (Lipinski definition) is 1. The maximum Gasteiger partial charge on any atom is 0.127 e. The van der Waals surface area contributed by atoms with Crippen molar-refractivity contribution in [3.63, 3.8) is 0 Å². The second kappa shape index (κ2) is 5.80. The van der Waals surface area contributed by atoms with Crippen LogP contribution in [0.1, 0.15) is 45.1 Å². The summed E-state index contributed by atoms with van der Waals surface area (Å²) in [6, 6.07) is 4.90. The van der Waals surface area contributed by atoms with Gasteiger partial charge in [0.2, 0.25) is 0 Å². The van der Waals surface area contributed by atoms with Crippen molar-refractivity contribution >= 4 is 11.6 Å². The highest BCUT2D eigenvalue weighted by molar-refractivity contribution is 6.30. The van der Waals surface area contributed by atoms with Gasteiger partial charge in [-0.05, 0) is 61.1 Å². The molecule has 0 radical (unpaired) electrons. The zero-order chi connectivity index (χ0) is 14.0. The second-order valence-corrected chi connectivity index (χ2v) is 7.04. The molecule has 3 heteroatoms. The van der Waals surface area contributed by atoms with Crippen LogP contribution in [0.4, 0.5) is 4.39 Å². The van der Waals surface area contributed by atoms with Crippen molar-refractivity contribution in [2.45, 2.75) is 52.0 Å². The van der Waals surface area contributed by atoms with Crippen LogP contribution >= 0.6 is 11.6 Å². The summed E-state index contributed by atoms with van der Waals surface area (Å²) in [5.41, 5.74) is 7.40. The van der Waals surface area contributed by atoms with Crippen molar-refractivity contribution in [1.29, 1.82) is 0 Å². The molecule has 106 valence electrons. The smallest absolute Gasteiger partial charge is 0.127 e. The summed E-state index contributed by atoms with van der Waals surface area (Å²) in [7, 11) is 0. The molecule has 2 N–H and O–H groups in total. The molecule has 1 saturated carbocycles. The molecule has 19 heavy (non-hydrogen) atoms. The van der Waals surface area contributed by atoms with Gasteiger partial charge in [0.15, 0.2) is 0 Å². The van der Waals surface area contributed by atoms with Gasteiger partial charge in [0.05, 0.1) is 0 Å². The fourth-order valence-electron chi connectivity index (χ4n) is 2.96. The minimum Gasteiger partial charge on any atom is -0.327 e. The minimum atomic E-state index is -0.237. The summed E-state index contributed by atoms with van der Waals surface area (Å²) in [4.78, 5) is 0. The maximum absolute atomic E-state index is 13.8. The molecule has 1 aliphatic carbocycles. The van der Waals surface area contributed by atoms with Crippen molar-refractivity contribution in [2.75, 3.05) is 0 Å². The first-order chi connectivity index (χ1) is 8.87. The lowest BCUT2D eigenvalue weighted by atomic mass is 9.70. The number of hydrogen-bond donors (Lipinski definition) is 1. The van der Waals surface area contributed by atoms with E-state index >= 15 is 0 Å². The third-order valence-corrected chi connectivity index (χ3v) is 4.70. The monoisotopic (exact) mass is 283 g/mol. The summed E-state index contributed by atoms with van der Waals surface area (Å²) >= 11 is 5.76. The van der Waals surface area contributed by atoms with E-state index in [1.807, 2.05) is 0 Å². The van der Waals surface area contributed by atoms with Crippen molar-refractivity contribution in [1.82, 2.24) is 0 Å². The SMILES string of the molecule is CC1(C)CCC(C(N)Cc2ccc(Cl)cc2F)CC1. The third kappa shape index (κ3) is 3.93. The average molecular weight is 284 g/mol. The predicted octanol–water partition coefficient (Wildman–Crippen LogP) is 4.57. The van der Waals surface area contributed by atoms with Crippen LogP contribution in [0.25, 0.3) is 0 Å². The van der Waals surface area contributed by atoms with Crippen LogP contribution in [0.2, 0.25) is 5.02 Å². The van der Waals surface area contributed by atoms with E-state index in [-0.39, 0.29) is 11.9 Å². The Labute approximate surface area is 120 Å². The molecule has 1 aromatic carbocycles. The summed E-state index contributed by atoms with van der Waals surface area (Å²) in [5, 5.41) is 0.439. The molecule has 0 saturated heterocycles. The molecule has 0 aliphatic heterocycles. The Morgan fingerprint density at radius 2 is 2.00 bits per heavy atom. The highest BCUT2D eigenvalue weighted by Crippen LogP contribution is 2.39. The van der Waals surface area contributed by atoms with Crippen molar-refractivity contribution in [3.8, 4) is 0 Å². The van der Waals surface area contributed by atoms with Gasteiger partial charge in [0, 0.05) is 11.1 Å². The van der Waals surface area contributed by atoms with Crippen molar-refractivity contribution in [2.24, 2.45) is 17.1 Å². The number of nitrogens with two attached hydrogens (primary N) is 1. The van der Waals surface area contributed by atoms with Gasteiger partial charge >= 0.3 is 0 Å². The highest BCUT2D eigenvalue weighted by atomic mass is 35.5. The van der Waals surface area contributed by atoms with Gasteiger partial charge in [0.1, 0.15) is 5.82 Å². The molecular weight excluding hydrogens is 261 g/mol. The summed E-state index contributed by atoms with van der Waals surface area (Å²) in [5.74, 6) is 0.280. The van der Waals surface area contributed by atoms with Gasteiger partial charge < -0.3 is 5.73 Å². The fourth-order valence-corrected chi connectivity index (χ4v) is 3.12. The number of halogens is 2. The molecule has 1 fully saturated rings. The molecule has 1 atom stereocenters. The summed E-state index contributed by atoms with van der Waals surface area (Å²) < 4.78 is 13.8. The lowest BCUT2D eigenvalue weighted by Crippen LogP contribution is -2.36. The van der Waals surface area contributed by atoms with E-state index in [9.17, 15) is 4.39 Å². The Morgan fingerprint density at radius 3 is 2.58 bits per heavy atom. The first-order valence-electron chi connectivity index (χ1n) is 7.07. The zero-order valence-corrected chi connectivity index (χ0v) is 12.5. The summed E-state index contributed by atoms with van der Waals surface area (Å²) in [6.07, 6.45) is 5.35. The Hall–Kier alpha value is -0.600. The molecular formula is C16H23ClFN. The topological polar surface area (TPSA) is 26.0 Å². The van der Waals surface area contributed by atoms with Crippen LogP contribution in [-0.4, -0.2) is 6.04 Å². The highest BCUT2D eigenvalue weighted by Gasteiger charge is 2.30. The van der Waals surface area contributed by atoms with Gasteiger partial charge in [-0.2, -0.15) is 0 Å². The van der Waals surface area contributed by atoms with Crippen LogP contribution in [0.5, 0.6) is 0 Å². The molecule has 1 aromatic rings. The van der Waals surface area contributed by atoms with E-state index in [4.69, 9.17) is 17.3 Å². The van der Waals surface area contributed by atoms with E-state index in [0.717, 1.165) is 12.8 Å². The maximum atomic E-state index is 13.8. The first kappa shape index (κ1) is 14.8. The molecule has 1 nitrogen and oxygen atoms in total. The largest absolute Gasteiger partial charge is 0.327 e. The fraction of sp³-hybridized carbons (Fsp3) is 0.625. The minimum absolute atomic E-state index is 0.0479. The molecule has 1 aliphatic rings. The Balaban J connectivity index is 1.96. The molecule has 0 amide bonds. The quantitative estimate of drug-likeness (QED) is 0.864. The van der Waals surface area contributed by atoms with E-state index in [1.54, 1.807) is 12.1 Å². The molecule has 1 unspecified atom stereocenters. The predicted molar refractivity (Wildman–Crippen MR) is 78.8 cm³/mol. The standard InChI is InChI=1S/C16H23ClFN/c1-16(2)7-5-11(6-8-16)15(19)9-12-3-4-13(17)10-14(12)18/h3-4,10-11,15H,5-9,19H2,1-2H3. The second-order valence-electron chi connectivity index (χ2n) is 6.61. The number of rotatable bonds is 3. The summed E-state index contributed by atoms with van der Waals surface area (Å²) in [6.45, 7) is 4.63. The normalized spacial score (nSPS) is 21.3. The van der Waals surface area contributed by atoms with E-state index in [2.05, 4.69) is 13.8 Å². The van der Waals surface area contributed by atoms with Crippen LogP contribution in [0, 0.1) is 17.2 Å².